The topological polar surface area (TPSA) is 50.9 Å². The Kier molecular flexibility index (Phi) is 2.86. The van der Waals surface area contributed by atoms with Gasteiger partial charge in [0, 0.05) is 10.7 Å². The van der Waals surface area contributed by atoms with E-state index in [2.05, 4.69) is 42.3 Å². The highest BCUT2D eigenvalue weighted by Gasteiger charge is 2.05. The van der Waals surface area contributed by atoms with Crippen LogP contribution in [0.3, 0.4) is 0 Å². The highest BCUT2D eigenvalue weighted by molar-refractivity contribution is 9.11. The van der Waals surface area contributed by atoms with E-state index in [0.29, 0.717) is 5.82 Å². The Morgan fingerprint density at radius 2 is 2.18 bits per heavy atom. The zero-order valence-corrected chi connectivity index (χ0v) is 9.03. The minimum absolute atomic E-state index is 0.644. The van der Waals surface area contributed by atoms with Crippen LogP contribution in [0.25, 0.3) is 0 Å². The van der Waals surface area contributed by atoms with Gasteiger partial charge in [0.2, 0.25) is 0 Å². The van der Waals surface area contributed by atoms with Gasteiger partial charge in [0.25, 0.3) is 0 Å². The normalized spacial score (nSPS) is 9.82. The van der Waals surface area contributed by atoms with E-state index in [9.17, 15) is 0 Å². The number of aromatic nitrogens is 1. The van der Waals surface area contributed by atoms with Gasteiger partial charge in [-0.3, -0.25) is 0 Å². The Labute approximate surface area is 81.6 Å². The average molecular weight is 281 g/mol. The minimum Gasteiger partial charge on any atom is -0.308 e. The van der Waals surface area contributed by atoms with E-state index in [1.165, 1.54) is 0 Å². The SMILES string of the molecule is Cc1c(Br)cnc(NN)c1Br. The van der Waals surface area contributed by atoms with Gasteiger partial charge in [-0.15, -0.1) is 0 Å². The minimum atomic E-state index is 0.644. The summed E-state index contributed by atoms with van der Waals surface area (Å²) in [4.78, 5) is 4.03. The highest BCUT2D eigenvalue weighted by atomic mass is 79.9. The number of anilines is 1. The van der Waals surface area contributed by atoms with E-state index in [-0.39, 0.29) is 0 Å². The highest BCUT2D eigenvalue weighted by Crippen LogP contribution is 2.28. The monoisotopic (exact) mass is 279 g/mol. The Hall–Kier alpha value is -0.130. The predicted octanol–water partition coefficient (Wildman–Crippen LogP) is 2.20. The van der Waals surface area contributed by atoms with E-state index >= 15 is 0 Å². The van der Waals surface area contributed by atoms with Crippen LogP contribution in [-0.4, -0.2) is 4.98 Å². The van der Waals surface area contributed by atoms with Gasteiger partial charge in [-0.2, -0.15) is 0 Å². The summed E-state index contributed by atoms with van der Waals surface area (Å²) in [6, 6.07) is 0. The molecule has 1 aromatic heterocycles. The Balaban J connectivity index is 3.25. The van der Waals surface area contributed by atoms with Crippen molar-refractivity contribution in [2.24, 2.45) is 5.84 Å². The standard InChI is InChI=1S/C6H7Br2N3/c1-3-4(7)2-10-6(11-9)5(3)8/h2H,9H2,1H3,(H,10,11). The van der Waals surface area contributed by atoms with Gasteiger partial charge >= 0.3 is 0 Å². The molecule has 0 saturated carbocycles. The van der Waals surface area contributed by atoms with Crippen molar-refractivity contribution in [3.05, 3.63) is 20.7 Å². The number of pyridine rings is 1. The molecule has 0 aliphatic heterocycles. The van der Waals surface area contributed by atoms with Crippen LogP contribution in [0.1, 0.15) is 5.56 Å². The third-order valence-corrected chi connectivity index (χ3v) is 3.11. The second-order valence-corrected chi connectivity index (χ2v) is 3.69. The number of hydrogen-bond donors (Lipinski definition) is 2. The number of halogens is 2. The Bertz CT molecular complexity index is 275. The average Bonchev–Trinajstić information content (AvgIpc) is 2.01. The van der Waals surface area contributed by atoms with Crippen LogP contribution in [0.4, 0.5) is 5.82 Å². The number of nitrogens with one attached hydrogen (secondary N) is 1. The third-order valence-electron chi connectivity index (χ3n) is 1.34. The fraction of sp³-hybridized carbons (Fsp3) is 0.167. The lowest BCUT2D eigenvalue weighted by molar-refractivity contribution is 1.18. The molecular formula is C6H7Br2N3. The van der Waals surface area contributed by atoms with Crippen LogP contribution in [-0.2, 0) is 0 Å². The van der Waals surface area contributed by atoms with Crippen molar-refractivity contribution in [1.29, 1.82) is 0 Å². The lowest BCUT2D eigenvalue weighted by Gasteiger charge is -2.05. The molecule has 3 nitrogen and oxygen atoms in total. The number of nitrogen functional groups attached to an aromatic ring is 1. The molecule has 0 bridgehead atoms. The van der Waals surface area contributed by atoms with Crippen molar-refractivity contribution in [2.45, 2.75) is 6.92 Å². The molecule has 0 aliphatic rings. The molecule has 0 radical (unpaired) electrons. The molecule has 0 amide bonds. The molecule has 0 unspecified atom stereocenters. The molecule has 3 N–H and O–H groups in total. The largest absolute Gasteiger partial charge is 0.308 e. The summed E-state index contributed by atoms with van der Waals surface area (Å²) in [7, 11) is 0. The maximum atomic E-state index is 5.21. The van der Waals surface area contributed by atoms with Crippen molar-refractivity contribution in [3.8, 4) is 0 Å². The molecule has 0 spiro atoms. The van der Waals surface area contributed by atoms with Crippen LogP contribution in [0.5, 0.6) is 0 Å². The Morgan fingerprint density at radius 1 is 1.55 bits per heavy atom. The van der Waals surface area contributed by atoms with E-state index in [0.717, 1.165) is 14.5 Å². The summed E-state index contributed by atoms with van der Waals surface area (Å²) < 4.78 is 1.85. The number of rotatable bonds is 1. The van der Waals surface area contributed by atoms with Crippen molar-refractivity contribution < 1.29 is 0 Å². The van der Waals surface area contributed by atoms with Crippen molar-refractivity contribution in [3.63, 3.8) is 0 Å². The zero-order chi connectivity index (χ0) is 8.43. The molecule has 0 atom stereocenters. The first-order valence-corrected chi connectivity index (χ1v) is 4.52. The van der Waals surface area contributed by atoms with E-state index in [4.69, 9.17) is 5.84 Å². The number of hydrazine groups is 1. The molecular weight excluding hydrogens is 274 g/mol. The van der Waals surface area contributed by atoms with Gasteiger partial charge in [0.05, 0.1) is 4.47 Å². The van der Waals surface area contributed by atoms with Gasteiger partial charge in [-0.05, 0) is 44.3 Å². The zero-order valence-electron chi connectivity index (χ0n) is 5.86. The molecule has 1 heterocycles. The first-order chi connectivity index (χ1) is 5.16. The Morgan fingerprint density at radius 3 is 2.73 bits per heavy atom. The number of nitrogens with two attached hydrogens (primary N) is 1. The lowest BCUT2D eigenvalue weighted by atomic mass is 10.3. The van der Waals surface area contributed by atoms with E-state index in [1.807, 2.05) is 6.92 Å². The summed E-state index contributed by atoms with van der Waals surface area (Å²) in [6.07, 6.45) is 1.70. The molecule has 0 aromatic carbocycles. The molecule has 0 aliphatic carbocycles. The van der Waals surface area contributed by atoms with Gasteiger partial charge in [0.15, 0.2) is 5.82 Å². The first-order valence-electron chi connectivity index (χ1n) is 2.94. The predicted molar refractivity (Wildman–Crippen MR) is 52.2 cm³/mol. The van der Waals surface area contributed by atoms with Crippen molar-refractivity contribution in [1.82, 2.24) is 4.98 Å². The van der Waals surface area contributed by atoms with Crippen LogP contribution >= 0.6 is 31.9 Å². The molecule has 11 heavy (non-hydrogen) atoms. The second-order valence-electron chi connectivity index (χ2n) is 2.04. The van der Waals surface area contributed by atoms with Crippen LogP contribution in [0.2, 0.25) is 0 Å². The quantitative estimate of drug-likeness (QED) is 0.613. The van der Waals surface area contributed by atoms with Crippen LogP contribution < -0.4 is 11.3 Å². The van der Waals surface area contributed by atoms with Crippen molar-refractivity contribution in [2.75, 3.05) is 5.43 Å². The fourth-order valence-corrected chi connectivity index (χ4v) is 1.65. The van der Waals surface area contributed by atoms with Gasteiger partial charge in [-0.1, -0.05) is 0 Å². The maximum absolute atomic E-state index is 5.21. The maximum Gasteiger partial charge on any atom is 0.154 e. The molecule has 0 saturated heterocycles. The van der Waals surface area contributed by atoms with E-state index < -0.39 is 0 Å². The molecule has 60 valence electrons. The number of hydrogen-bond acceptors (Lipinski definition) is 3. The second kappa shape index (κ2) is 3.51. The van der Waals surface area contributed by atoms with Gasteiger partial charge < -0.3 is 5.43 Å². The lowest BCUT2D eigenvalue weighted by Crippen LogP contribution is -2.09. The molecule has 1 aromatic rings. The smallest absolute Gasteiger partial charge is 0.154 e. The van der Waals surface area contributed by atoms with Crippen molar-refractivity contribution >= 4 is 37.7 Å². The van der Waals surface area contributed by atoms with E-state index in [1.54, 1.807) is 6.20 Å². The first kappa shape index (κ1) is 8.96. The summed E-state index contributed by atoms with van der Waals surface area (Å²) in [5.41, 5.74) is 3.56. The summed E-state index contributed by atoms with van der Waals surface area (Å²) in [5, 5.41) is 0. The summed E-state index contributed by atoms with van der Waals surface area (Å²) in [5.74, 6) is 5.86. The molecule has 1 rings (SSSR count). The van der Waals surface area contributed by atoms with Crippen LogP contribution in [0, 0.1) is 6.92 Å². The van der Waals surface area contributed by atoms with Crippen LogP contribution in [0.15, 0.2) is 15.1 Å². The summed E-state index contributed by atoms with van der Waals surface area (Å²) >= 11 is 6.70. The molecule has 5 heteroatoms. The fourth-order valence-electron chi connectivity index (χ4n) is 0.658. The number of nitrogens with zero attached hydrogens (tertiary/aromatic N) is 1. The third kappa shape index (κ3) is 1.72. The van der Waals surface area contributed by atoms with Gasteiger partial charge in [0.1, 0.15) is 0 Å². The van der Waals surface area contributed by atoms with Gasteiger partial charge in [-0.25, -0.2) is 10.8 Å². The molecule has 0 fully saturated rings. The summed E-state index contributed by atoms with van der Waals surface area (Å²) in [6.45, 7) is 1.97.